The Morgan fingerprint density at radius 2 is 2.08 bits per heavy atom. The van der Waals surface area contributed by atoms with Gasteiger partial charge in [-0.2, -0.15) is 0 Å². The maximum Gasteiger partial charge on any atom is 0.227 e. The van der Waals surface area contributed by atoms with Crippen molar-refractivity contribution in [2.24, 2.45) is 5.92 Å². The van der Waals surface area contributed by atoms with Gasteiger partial charge in [0.15, 0.2) is 0 Å². The van der Waals surface area contributed by atoms with Gasteiger partial charge in [0.25, 0.3) is 0 Å². The van der Waals surface area contributed by atoms with Crippen molar-refractivity contribution in [3.8, 4) is 5.75 Å². The smallest absolute Gasteiger partial charge is 0.227 e. The van der Waals surface area contributed by atoms with E-state index in [0.29, 0.717) is 13.1 Å². The van der Waals surface area contributed by atoms with E-state index in [9.17, 15) is 9.59 Å². The summed E-state index contributed by atoms with van der Waals surface area (Å²) in [5.74, 6) is 0.278. The Balaban J connectivity index is 1.58. The maximum absolute atomic E-state index is 12.4. The summed E-state index contributed by atoms with van der Waals surface area (Å²) >= 11 is 0. The van der Waals surface area contributed by atoms with Crippen LogP contribution in [0.5, 0.6) is 5.75 Å². The largest absolute Gasteiger partial charge is 0.491 e. The molecule has 1 aromatic heterocycles. The third-order valence-electron chi connectivity index (χ3n) is 4.21. The summed E-state index contributed by atoms with van der Waals surface area (Å²) in [6.07, 6.45) is 3.73. The minimum absolute atomic E-state index is 0.0379. The van der Waals surface area contributed by atoms with E-state index in [1.165, 1.54) is 0 Å². The van der Waals surface area contributed by atoms with Crippen molar-refractivity contribution in [3.05, 3.63) is 54.4 Å². The van der Waals surface area contributed by atoms with Crippen LogP contribution in [0.1, 0.15) is 25.8 Å². The first-order valence-electron chi connectivity index (χ1n) is 8.76. The van der Waals surface area contributed by atoms with Crippen LogP contribution in [-0.2, 0) is 16.1 Å². The molecule has 2 aromatic rings. The molecule has 2 amide bonds. The number of anilines is 1. The lowest BCUT2D eigenvalue weighted by molar-refractivity contribution is -0.126. The average Bonchev–Trinajstić information content (AvgIpc) is 3.02. The van der Waals surface area contributed by atoms with Crippen molar-refractivity contribution in [1.82, 2.24) is 10.3 Å². The van der Waals surface area contributed by atoms with Gasteiger partial charge in [-0.3, -0.25) is 14.6 Å². The normalized spacial score (nSPS) is 16.8. The number of pyridine rings is 1. The molecule has 6 heteroatoms. The molecule has 1 saturated heterocycles. The van der Waals surface area contributed by atoms with Gasteiger partial charge in [0, 0.05) is 37.6 Å². The topological polar surface area (TPSA) is 71.5 Å². The van der Waals surface area contributed by atoms with E-state index in [1.807, 2.05) is 50.2 Å². The molecule has 0 bridgehead atoms. The molecule has 0 saturated carbocycles. The minimum atomic E-state index is -0.342. The van der Waals surface area contributed by atoms with E-state index < -0.39 is 0 Å². The molecule has 1 aliphatic heterocycles. The Labute approximate surface area is 153 Å². The summed E-state index contributed by atoms with van der Waals surface area (Å²) in [4.78, 5) is 30.4. The fourth-order valence-corrected chi connectivity index (χ4v) is 2.95. The number of benzene rings is 1. The highest BCUT2D eigenvalue weighted by Crippen LogP contribution is 2.27. The zero-order valence-corrected chi connectivity index (χ0v) is 15.0. The molecule has 0 radical (unpaired) electrons. The van der Waals surface area contributed by atoms with Gasteiger partial charge in [0.2, 0.25) is 11.8 Å². The van der Waals surface area contributed by atoms with E-state index in [0.717, 1.165) is 17.0 Å². The first kappa shape index (κ1) is 17.9. The van der Waals surface area contributed by atoms with E-state index in [1.54, 1.807) is 17.3 Å². The van der Waals surface area contributed by atoms with E-state index in [2.05, 4.69) is 10.3 Å². The number of nitrogens with zero attached hydrogens (tertiary/aromatic N) is 2. The number of aromatic nitrogens is 1. The van der Waals surface area contributed by atoms with Gasteiger partial charge in [0.1, 0.15) is 5.75 Å². The number of nitrogens with one attached hydrogen (secondary N) is 1. The van der Waals surface area contributed by atoms with E-state index in [-0.39, 0.29) is 30.3 Å². The second-order valence-corrected chi connectivity index (χ2v) is 6.64. The number of hydrogen-bond donors (Lipinski definition) is 1. The van der Waals surface area contributed by atoms with Crippen molar-refractivity contribution in [3.63, 3.8) is 0 Å². The summed E-state index contributed by atoms with van der Waals surface area (Å²) in [5, 5.41) is 2.89. The number of rotatable bonds is 6. The number of carbonyl (C=O) groups excluding carboxylic acids is 2. The lowest BCUT2D eigenvalue weighted by Gasteiger charge is -2.18. The van der Waals surface area contributed by atoms with Gasteiger partial charge < -0.3 is 15.0 Å². The summed E-state index contributed by atoms with van der Waals surface area (Å²) in [6.45, 7) is 4.74. The van der Waals surface area contributed by atoms with Crippen LogP contribution in [0.25, 0.3) is 0 Å². The lowest BCUT2D eigenvalue weighted by atomic mass is 10.1. The highest BCUT2D eigenvalue weighted by atomic mass is 16.5. The van der Waals surface area contributed by atoms with Crippen LogP contribution in [0.4, 0.5) is 5.69 Å². The summed E-state index contributed by atoms with van der Waals surface area (Å²) in [5.41, 5.74) is 1.72. The Bertz CT molecular complexity index is 760. The molecule has 1 N–H and O–H groups in total. The molecule has 0 spiro atoms. The molecule has 1 fully saturated rings. The van der Waals surface area contributed by atoms with Crippen LogP contribution in [0.3, 0.4) is 0 Å². The number of carbonyl (C=O) groups is 2. The monoisotopic (exact) mass is 353 g/mol. The van der Waals surface area contributed by atoms with Gasteiger partial charge >= 0.3 is 0 Å². The van der Waals surface area contributed by atoms with E-state index >= 15 is 0 Å². The van der Waals surface area contributed by atoms with Crippen molar-refractivity contribution < 1.29 is 14.3 Å². The molecule has 1 unspecified atom stereocenters. The highest BCUT2D eigenvalue weighted by molar-refractivity contribution is 6.00. The van der Waals surface area contributed by atoms with Gasteiger partial charge in [-0.1, -0.05) is 6.07 Å². The van der Waals surface area contributed by atoms with Gasteiger partial charge in [-0.15, -0.1) is 0 Å². The predicted molar refractivity (Wildman–Crippen MR) is 98.7 cm³/mol. The Kier molecular flexibility index (Phi) is 5.51. The fraction of sp³-hybridized carbons (Fsp3) is 0.350. The molecule has 136 valence electrons. The quantitative estimate of drug-likeness (QED) is 0.866. The van der Waals surface area contributed by atoms with Crippen molar-refractivity contribution in [2.45, 2.75) is 32.9 Å². The standard InChI is InChI=1S/C20H23N3O3/c1-14(2)26-18-7-5-17(6-8-18)23-13-16(10-19(23)24)20(25)22-12-15-4-3-9-21-11-15/h3-9,11,14,16H,10,12-13H2,1-2H3,(H,22,25). The van der Waals surface area contributed by atoms with Crippen molar-refractivity contribution in [2.75, 3.05) is 11.4 Å². The number of amides is 2. The lowest BCUT2D eigenvalue weighted by Crippen LogP contribution is -2.32. The summed E-state index contributed by atoms with van der Waals surface area (Å²) in [6, 6.07) is 11.1. The zero-order valence-electron chi connectivity index (χ0n) is 15.0. The molecular weight excluding hydrogens is 330 g/mol. The average molecular weight is 353 g/mol. The van der Waals surface area contributed by atoms with E-state index in [4.69, 9.17) is 4.74 Å². The molecule has 1 aliphatic rings. The molecule has 3 rings (SSSR count). The predicted octanol–water partition coefficient (Wildman–Crippen LogP) is 2.54. The van der Waals surface area contributed by atoms with Gasteiger partial charge in [-0.25, -0.2) is 0 Å². The Hall–Kier alpha value is -2.89. The molecular formula is C20H23N3O3. The van der Waals surface area contributed by atoms with Crippen LogP contribution in [0.2, 0.25) is 0 Å². The molecule has 2 heterocycles. The first-order valence-corrected chi connectivity index (χ1v) is 8.76. The second kappa shape index (κ2) is 7.99. The van der Waals surface area contributed by atoms with Gasteiger partial charge in [-0.05, 0) is 49.7 Å². The summed E-state index contributed by atoms with van der Waals surface area (Å²) < 4.78 is 5.62. The Morgan fingerprint density at radius 1 is 1.31 bits per heavy atom. The SMILES string of the molecule is CC(C)Oc1ccc(N2CC(C(=O)NCc3cccnc3)CC2=O)cc1. The highest BCUT2D eigenvalue weighted by Gasteiger charge is 2.35. The fourth-order valence-electron chi connectivity index (χ4n) is 2.95. The molecule has 1 atom stereocenters. The van der Waals surface area contributed by atoms with Crippen LogP contribution in [0, 0.1) is 5.92 Å². The van der Waals surface area contributed by atoms with Crippen molar-refractivity contribution >= 4 is 17.5 Å². The molecule has 6 nitrogen and oxygen atoms in total. The molecule has 0 aliphatic carbocycles. The third kappa shape index (κ3) is 4.39. The van der Waals surface area contributed by atoms with Crippen LogP contribution < -0.4 is 15.0 Å². The van der Waals surface area contributed by atoms with Crippen LogP contribution in [-0.4, -0.2) is 29.4 Å². The summed E-state index contributed by atoms with van der Waals surface area (Å²) in [7, 11) is 0. The zero-order chi connectivity index (χ0) is 18.5. The minimum Gasteiger partial charge on any atom is -0.491 e. The Morgan fingerprint density at radius 3 is 2.73 bits per heavy atom. The molecule has 26 heavy (non-hydrogen) atoms. The number of hydrogen-bond acceptors (Lipinski definition) is 4. The van der Waals surface area contributed by atoms with Crippen molar-refractivity contribution in [1.29, 1.82) is 0 Å². The third-order valence-corrected chi connectivity index (χ3v) is 4.21. The second-order valence-electron chi connectivity index (χ2n) is 6.64. The molecule has 1 aromatic carbocycles. The first-order chi connectivity index (χ1) is 12.5. The van der Waals surface area contributed by atoms with Crippen LogP contribution in [0.15, 0.2) is 48.8 Å². The van der Waals surface area contributed by atoms with Gasteiger partial charge in [0.05, 0.1) is 12.0 Å². The van der Waals surface area contributed by atoms with Crippen LogP contribution >= 0.6 is 0 Å². The number of ether oxygens (including phenoxy) is 1. The maximum atomic E-state index is 12.4.